The monoisotopic (exact) mass is 310 g/mol. The molecule has 1 aromatic carbocycles. The lowest BCUT2D eigenvalue weighted by Crippen LogP contribution is -2.52. The van der Waals surface area contributed by atoms with Crippen LogP contribution in [0, 0.1) is 0 Å². The molecular formula is C15H22N2O3S. The van der Waals surface area contributed by atoms with Crippen LogP contribution in [0.5, 0.6) is 0 Å². The van der Waals surface area contributed by atoms with Crippen LogP contribution in [0.15, 0.2) is 29.2 Å². The van der Waals surface area contributed by atoms with Gasteiger partial charge in [0.15, 0.2) is 5.78 Å². The summed E-state index contributed by atoms with van der Waals surface area (Å²) in [5, 5.41) is 0. The van der Waals surface area contributed by atoms with Crippen molar-refractivity contribution in [2.45, 2.75) is 31.2 Å². The minimum absolute atomic E-state index is 0.0652. The highest BCUT2D eigenvalue weighted by atomic mass is 32.2. The number of hydrogen-bond donors (Lipinski definition) is 0. The Morgan fingerprint density at radius 3 is 2.38 bits per heavy atom. The number of ketones is 1. The first-order valence-electron chi connectivity index (χ1n) is 7.17. The van der Waals surface area contributed by atoms with Crippen LogP contribution in [0.1, 0.15) is 30.6 Å². The SMILES string of the molecule is CCC1CN(S(=O)(=O)c2ccc(C(C)=O)cc2)CCN1C. The van der Waals surface area contributed by atoms with E-state index >= 15 is 0 Å². The second-order valence-electron chi connectivity index (χ2n) is 5.49. The number of hydrogen-bond acceptors (Lipinski definition) is 4. The number of Topliss-reactive ketones (excluding diaryl/α,β-unsaturated/α-hetero) is 1. The summed E-state index contributed by atoms with van der Waals surface area (Å²) in [7, 11) is -1.45. The van der Waals surface area contributed by atoms with E-state index in [-0.39, 0.29) is 16.7 Å². The van der Waals surface area contributed by atoms with Gasteiger partial charge in [-0.15, -0.1) is 0 Å². The number of piperazine rings is 1. The summed E-state index contributed by atoms with van der Waals surface area (Å²) in [5.74, 6) is -0.0652. The molecule has 0 aromatic heterocycles. The minimum atomic E-state index is -3.48. The predicted molar refractivity (Wildman–Crippen MR) is 81.9 cm³/mol. The van der Waals surface area contributed by atoms with E-state index in [4.69, 9.17) is 0 Å². The quantitative estimate of drug-likeness (QED) is 0.793. The molecular weight excluding hydrogens is 288 g/mol. The van der Waals surface area contributed by atoms with Crippen molar-refractivity contribution in [2.75, 3.05) is 26.7 Å². The van der Waals surface area contributed by atoms with Crippen LogP contribution in [0.4, 0.5) is 0 Å². The molecule has 1 atom stereocenters. The molecule has 0 amide bonds. The van der Waals surface area contributed by atoms with Crippen molar-refractivity contribution in [1.82, 2.24) is 9.21 Å². The van der Waals surface area contributed by atoms with Gasteiger partial charge in [0.05, 0.1) is 4.90 Å². The van der Waals surface area contributed by atoms with Gasteiger partial charge in [-0.05, 0) is 32.5 Å². The highest BCUT2D eigenvalue weighted by Crippen LogP contribution is 2.21. The zero-order chi connectivity index (χ0) is 15.6. The maximum absolute atomic E-state index is 12.7. The van der Waals surface area contributed by atoms with Gasteiger partial charge in [-0.2, -0.15) is 4.31 Å². The van der Waals surface area contributed by atoms with Crippen LogP contribution in [-0.2, 0) is 10.0 Å². The molecule has 21 heavy (non-hydrogen) atoms. The first-order chi connectivity index (χ1) is 9.86. The molecule has 0 spiro atoms. The van der Waals surface area contributed by atoms with Gasteiger partial charge in [0.1, 0.15) is 0 Å². The average Bonchev–Trinajstić information content (AvgIpc) is 2.47. The van der Waals surface area contributed by atoms with Gasteiger partial charge >= 0.3 is 0 Å². The van der Waals surface area contributed by atoms with Crippen molar-refractivity contribution >= 4 is 15.8 Å². The fraction of sp³-hybridized carbons (Fsp3) is 0.533. The maximum Gasteiger partial charge on any atom is 0.243 e. The number of carbonyl (C=O) groups is 1. The molecule has 0 radical (unpaired) electrons. The van der Waals surface area contributed by atoms with E-state index in [9.17, 15) is 13.2 Å². The third kappa shape index (κ3) is 3.33. The Kier molecular flexibility index (Phi) is 4.81. The highest BCUT2D eigenvalue weighted by molar-refractivity contribution is 7.89. The molecule has 6 heteroatoms. The lowest BCUT2D eigenvalue weighted by atomic mass is 10.1. The van der Waals surface area contributed by atoms with Gasteiger partial charge in [-0.25, -0.2) is 8.42 Å². The number of carbonyl (C=O) groups excluding carboxylic acids is 1. The number of benzene rings is 1. The van der Waals surface area contributed by atoms with Crippen LogP contribution in [-0.4, -0.2) is 56.1 Å². The van der Waals surface area contributed by atoms with Gasteiger partial charge in [0.2, 0.25) is 10.0 Å². The lowest BCUT2D eigenvalue weighted by molar-refractivity contribution is 0.101. The highest BCUT2D eigenvalue weighted by Gasteiger charge is 2.31. The van der Waals surface area contributed by atoms with Gasteiger partial charge in [-0.1, -0.05) is 19.1 Å². The van der Waals surface area contributed by atoms with Crippen LogP contribution in [0.2, 0.25) is 0 Å². The Morgan fingerprint density at radius 2 is 1.86 bits per heavy atom. The van der Waals surface area contributed by atoms with Crippen molar-refractivity contribution in [3.8, 4) is 0 Å². The first kappa shape index (κ1) is 16.1. The second-order valence-corrected chi connectivity index (χ2v) is 7.42. The van der Waals surface area contributed by atoms with Crippen molar-refractivity contribution < 1.29 is 13.2 Å². The summed E-state index contributed by atoms with van der Waals surface area (Å²) in [5.41, 5.74) is 0.527. The standard InChI is InChI=1S/C15H22N2O3S/c1-4-14-11-17(10-9-16(14)3)21(19,20)15-7-5-13(6-8-15)12(2)18/h5-8,14H,4,9-11H2,1-3H3. The molecule has 5 nitrogen and oxygen atoms in total. The van der Waals surface area contributed by atoms with Crippen molar-refractivity contribution in [3.63, 3.8) is 0 Å². The van der Waals surface area contributed by atoms with E-state index in [2.05, 4.69) is 11.8 Å². The molecule has 1 heterocycles. The molecule has 1 fully saturated rings. The third-order valence-electron chi connectivity index (χ3n) is 4.11. The molecule has 1 aliphatic rings. The number of likely N-dealkylation sites (N-methyl/N-ethyl adjacent to an activating group) is 1. The molecule has 0 saturated carbocycles. The molecule has 1 saturated heterocycles. The Balaban J connectivity index is 2.23. The molecule has 0 N–H and O–H groups in total. The van der Waals surface area contributed by atoms with Crippen molar-refractivity contribution in [3.05, 3.63) is 29.8 Å². The third-order valence-corrected chi connectivity index (χ3v) is 5.99. The first-order valence-corrected chi connectivity index (χ1v) is 8.61. The van der Waals surface area contributed by atoms with Crippen LogP contribution >= 0.6 is 0 Å². The summed E-state index contributed by atoms with van der Waals surface area (Å²) < 4.78 is 26.9. The lowest BCUT2D eigenvalue weighted by Gasteiger charge is -2.38. The summed E-state index contributed by atoms with van der Waals surface area (Å²) in [6, 6.07) is 6.44. The van der Waals surface area contributed by atoms with E-state index in [1.165, 1.54) is 19.1 Å². The Labute approximate surface area is 126 Å². The van der Waals surface area contributed by atoms with Crippen LogP contribution in [0.3, 0.4) is 0 Å². The summed E-state index contributed by atoms with van der Waals surface area (Å²) in [6.45, 7) is 5.30. The van der Waals surface area contributed by atoms with Gasteiger partial charge < -0.3 is 4.90 Å². The molecule has 1 unspecified atom stereocenters. The Bertz CT molecular complexity index is 610. The predicted octanol–water partition coefficient (Wildman–Crippen LogP) is 1.60. The fourth-order valence-corrected chi connectivity index (χ4v) is 4.06. The Morgan fingerprint density at radius 1 is 1.24 bits per heavy atom. The van der Waals surface area contributed by atoms with Gasteiger partial charge in [0.25, 0.3) is 0 Å². The van der Waals surface area contributed by atoms with Gasteiger partial charge in [0, 0.05) is 31.2 Å². The Hall–Kier alpha value is -1.24. The van der Waals surface area contributed by atoms with E-state index in [0.29, 0.717) is 18.7 Å². The van der Waals surface area contributed by atoms with Crippen molar-refractivity contribution in [1.29, 1.82) is 0 Å². The van der Waals surface area contributed by atoms with E-state index in [0.717, 1.165) is 13.0 Å². The van der Waals surface area contributed by atoms with Crippen LogP contribution in [0.25, 0.3) is 0 Å². The summed E-state index contributed by atoms with van der Waals surface area (Å²) >= 11 is 0. The molecule has 0 aliphatic carbocycles. The second kappa shape index (κ2) is 6.25. The fourth-order valence-electron chi connectivity index (χ4n) is 2.59. The van der Waals surface area contributed by atoms with Crippen molar-refractivity contribution in [2.24, 2.45) is 0 Å². The molecule has 1 aromatic rings. The topological polar surface area (TPSA) is 57.7 Å². The normalized spacial score (nSPS) is 21.4. The smallest absolute Gasteiger partial charge is 0.243 e. The summed E-state index contributed by atoms with van der Waals surface area (Å²) in [4.78, 5) is 13.7. The molecule has 1 aliphatic heterocycles. The number of sulfonamides is 1. The van der Waals surface area contributed by atoms with E-state index in [1.54, 1.807) is 16.4 Å². The zero-order valence-electron chi connectivity index (χ0n) is 12.7. The number of nitrogens with zero attached hydrogens (tertiary/aromatic N) is 2. The largest absolute Gasteiger partial charge is 0.301 e. The average molecular weight is 310 g/mol. The van der Waals surface area contributed by atoms with Crippen LogP contribution < -0.4 is 0 Å². The minimum Gasteiger partial charge on any atom is -0.301 e. The zero-order valence-corrected chi connectivity index (χ0v) is 13.6. The molecule has 0 bridgehead atoms. The molecule has 116 valence electrons. The summed E-state index contributed by atoms with van der Waals surface area (Å²) in [6.07, 6.45) is 0.922. The van der Waals surface area contributed by atoms with E-state index < -0.39 is 10.0 Å². The maximum atomic E-state index is 12.7. The van der Waals surface area contributed by atoms with Gasteiger partial charge in [-0.3, -0.25) is 4.79 Å². The van der Waals surface area contributed by atoms with E-state index in [1.807, 2.05) is 7.05 Å². The molecule has 2 rings (SSSR count). The number of rotatable bonds is 4.